The van der Waals surface area contributed by atoms with Crippen molar-refractivity contribution in [3.8, 4) is 0 Å². The molecule has 0 saturated heterocycles. The Morgan fingerprint density at radius 3 is 2.71 bits per heavy atom. The van der Waals surface area contributed by atoms with E-state index in [2.05, 4.69) is 24.4 Å². The minimum Gasteiger partial charge on any atom is -0.310 e. The van der Waals surface area contributed by atoms with Crippen molar-refractivity contribution in [2.75, 3.05) is 6.54 Å². The monoisotopic (exact) mass is 97.1 g/mol. The largest absolute Gasteiger partial charge is 0.310 e. The number of hydrogen-bond acceptors (Lipinski definition) is 1. The summed E-state index contributed by atoms with van der Waals surface area (Å²) >= 11 is 0. The van der Waals surface area contributed by atoms with Crippen LogP contribution >= 0.6 is 0 Å². The van der Waals surface area contributed by atoms with Crippen molar-refractivity contribution in [3.05, 3.63) is 12.2 Å². The molecule has 0 amide bonds. The van der Waals surface area contributed by atoms with Crippen LogP contribution in [0.4, 0.5) is 0 Å². The van der Waals surface area contributed by atoms with Crippen molar-refractivity contribution in [2.24, 2.45) is 0 Å². The van der Waals surface area contributed by atoms with Crippen molar-refractivity contribution in [1.29, 1.82) is 0 Å². The maximum atomic E-state index is 3.30. The Morgan fingerprint density at radius 1 is 1.57 bits per heavy atom. The lowest BCUT2D eigenvalue weighted by Crippen LogP contribution is -2.27. The molecule has 0 spiro atoms. The van der Waals surface area contributed by atoms with E-state index in [-0.39, 0.29) is 0 Å². The van der Waals surface area contributed by atoms with Crippen LogP contribution in [0.1, 0.15) is 13.3 Å². The topological polar surface area (TPSA) is 12.0 Å². The van der Waals surface area contributed by atoms with Gasteiger partial charge in [0.05, 0.1) is 0 Å². The van der Waals surface area contributed by atoms with Gasteiger partial charge in [0.15, 0.2) is 0 Å². The van der Waals surface area contributed by atoms with Crippen LogP contribution in [-0.2, 0) is 0 Å². The molecule has 1 heteroatoms. The predicted octanol–water partition coefficient (Wildman–Crippen LogP) is 0.924. The van der Waals surface area contributed by atoms with E-state index in [4.69, 9.17) is 0 Å². The lowest BCUT2D eigenvalue weighted by atomic mass is 10.2. The predicted molar refractivity (Wildman–Crippen MR) is 31.2 cm³/mol. The average Bonchev–Trinajstić information content (AvgIpc) is 1.69. The molecule has 1 atom stereocenters. The molecule has 0 fully saturated rings. The first kappa shape index (κ1) is 4.85. The van der Waals surface area contributed by atoms with Crippen molar-refractivity contribution < 1.29 is 0 Å². The highest BCUT2D eigenvalue weighted by molar-refractivity contribution is 4.92. The molecule has 0 radical (unpaired) electrons. The molecule has 0 aromatic carbocycles. The van der Waals surface area contributed by atoms with Gasteiger partial charge in [-0.05, 0) is 13.3 Å². The van der Waals surface area contributed by atoms with E-state index in [1.165, 1.54) is 6.42 Å². The average molecular weight is 97.2 g/mol. The molecule has 1 unspecified atom stereocenters. The van der Waals surface area contributed by atoms with E-state index >= 15 is 0 Å². The Balaban J connectivity index is 2.32. The highest BCUT2D eigenvalue weighted by Crippen LogP contribution is 1.95. The van der Waals surface area contributed by atoms with Gasteiger partial charge in [-0.3, -0.25) is 0 Å². The van der Waals surface area contributed by atoms with Crippen LogP contribution in [0, 0.1) is 0 Å². The minimum atomic E-state index is 0.699. The smallest absolute Gasteiger partial charge is 0.0137 e. The van der Waals surface area contributed by atoms with Crippen LogP contribution in [0.25, 0.3) is 0 Å². The standard InChI is InChI=1S/C6H11N/c1-6-4-2-3-5-7-6/h2-3,6-7H,4-5H2,1H3. The summed E-state index contributed by atoms with van der Waals surface area (Å²) in [6.45, 7) is 3.25. The summed E-state index contributed by atoms with van der Waals surface area (Å²) in [6, 6.07) is 0.699. The third kappa shape index (κ3) is 1.32. The first-order valence-corrected chi connectivity index (χ1v) is 2.78. The second-order valence-electron chi connectivity index (χ2n) is 2.02. The summed E-state index contributed by atoms with van der Waals surface area (Å²) < 4.78 is 0. The SMILES string of the molecule is CC1CC=CCN1. The Bertz CT molecular complexity index is 76.2. The quantitative estimate of drug-likeness (QED) is 0.443. The fourth-order valence-electron chi connectivity index (χ4n) is 0.736. The lowest BCUT2D eigenvalue weighted by Gasteiger charge is -2.12. The Labute approximate surface area is 44.4 Å². The van der Waals surface area contributed by atoms with Crippen molar-refractivity contribution in [3.63, 3.8) is 0 Å². The maximum Gasteiger partial charge on any atom is 0.0137 e. The van der Waals surface area contributed by atoms with Gasteiger partial charge < -0.3 is 5.32 Å². The van der Waals surface area contributed by atoms with E-state index in [0.29, 0.717) is 6.04 Å². The van der Waals surface area contributed by atoms with Crippen LogP contribution in [0.15, 0.2) is 12.2 Å². The molecular weight excluding hydrogens is 86.1 g/mol. The summed E-state index contributed by atoms with van der Waals surface area (Å²) in [5.74, 6) is 0. The van der Waals surface area contributed by atoms with Gasteiger partial charge in [0.2, 0.25) is 0 Å². The van der Waals surface area contributed by atoms with Gasteiger partial charge in [-0.2, -0.15) is 0 Å². The van der Waals surface area contributed by atoms with Gasteiger partial charge in [0, 0.05) is 12.6 Å². The van der Waals surface area contributed by atoms with Gasteiger partial charge >= 0.3 is 0 Å². The van der Waals surface area contributed by atoms with Crippen molar-refractivity contribution in [2.45, 2.75) is 19.4 Å². The zero-order valence-corrected chi connectivity index (χ0v) is 4.65. The molecule has 1 nitrogen and oxygen atoms in total. The normalized spacial score (nSPS) is 30.7. The summed E-state index contributed by atoms with van der Waals surface area (Å²) in [5, 5.41) is 3.30. The van der Waals surface area contributed by atoms with Crippen LogP contribution in [0.5, 0.6) is 0 Å². The minimum absolute atomic E-state index is 0.699. The summed E-state index contributed by atoms with van der Waals surface area (Å²) in [6.07, 6.45) is 5.58. The zero-order valence-electron chi connectivity index (χ0n) is 4.65. The third-order valence-corrected chi connectivity index (χ3v) is 1.24. The molecule has 1 rings (SSSR count). The second kappa shape index (κ2) is 2.12. The molecule has 0 aromatic heterocycles. The summed E-state index contributed by atoms with van der Waals surface area (Å²) in [4.78, 5) is 0. The van der Waals surface area contributed by atoms with Crippen molar-refractivity contribution >= 4 is 0 Å². The van der Waals surface area contributed by atoms with E-state index in [1.807, 2.05) is 0 Å². The number of rotatable bonds is 0. The summed E-state index contributed by atoms with van der Waals surface area (Å²) in [5.41, 5.74) is 0. The molecule has 1 aliphatic heterocycles. The first-order chi connectivity index (χ1) is 3.39. The Morgan fingerprint density at radius 2 is 2.43 bits per heavy atom. The van der Waals surface area contributed by atoms with Gasteiger partial charge in [-0.25, -0.2) is 0 Å². The molecule has 1 heterocycles. The molecule has 1 aliphatic rings. The first-order valence-electron chi connectivity index (χ1n) is 2.78. The van der Waals surface area contributed by atoms with E-state index in [1.54, 1.807) is 0 Å². The highest BCUT2D eigenvalue weighted by Gasteiger charge is 1.98. The Hall–Kier alpha value is -0.300. The lowest BCUT2D eigenvalue weighted by molar-refractivity contribution is 0.570. The summed E-state index contributed by atoms with van der Waals surface area (Å²) in [7, 11) is 0. The van der Waals surface area contributed by atoms with Crippen LogP contribution in [-0.4, -0.2) is 12.6 Å². The molecular formula is C6H11N. The van der Waals surface area contributed by atoms with Gasteiger partial charge in [-0.15, -0.1) is 0 Å². The van der Waals surface area contributed by atoms with Crippen LogP contribution in [0.3, 0.4) is 0 Å². The number of hydrogen-bond donors (Lipinski definition) is 1. The molecule has 0 bridgehead atoms. The van der Waals surface area contributed by atoms with E-state index in [9.17, 15) is 0 Å². The van der Waals surface area contributed by atoms with E-state index in [0.717, 1.165) is 6.54 Å². The van der Waals surface area contributed by atoms with E-state index < -0.39 is 0 Å². The number of nitrogens with one attached hydrogen (secondary N) is 1. The molecule has 0 saturated carbocycles. The second-order valence-corrected chi connectivity index (χ2v) is 2.02. The van der Waals surface area contributed by atoms with Crippen LogP contribution in [0.2, 0.25) is 0 Å². The van der Waals surface area contributed by atoms with Gasteiger partial charge in [0.1, 0.15) is 0 Å². The molecule has 0 aromatic rings. The molecule has 1 N–H and O–H groups in total. The molecule has 40 valence electrons. The fraction of sp³-hybridized carbons (Fsp3) is 0.667. The highest BCUT2D eigenvalue weighted by atomic mass is 14.9. The third-order valence-electron chi connectivity index (χ3n) is 1.24. The Kier molecular flexibility index (Phi) is 1.47. The van der Waals surface area contributed by atoms with Crippen LogP contribution < -0.4 is 5.32 Å². The molecule has 7 heavy (non-hydrogen) atoms. The van der Waals surface area contributed by atoms with Gasteiger partial charge in [-0.1, -0.05) is 12.2 Å². The fourth-order valence-corrected chi connectivity index (χ4v) is 0.736. The molecule has 0 aliphatic carbocycles. The van der Waals surface area contributed by atoms with Gasteiger partial charge in [0.25, 0.3) is 0 Å². The maximum absolute atomic E-state index is 3.30. The van der Waals surface area contributed by atoms with Crippen molar-refractivity contribution in [1.82, 2.24) is 5.32 Å². The zero-order chi connectivity index (χ0) is 5.11.